The smallest absolute Gasteiger partial charge is 0.310 e. The summed E-state index contributed by atoms with van der Waals surface area (Å²) in [5.74, 6) is -1.46. The number of carbonyl (C=O) groups is 1. The maximum atomic E-state index is 12.9. The molecular formula is C16H12FNO3. The first-order valence-electron chi connectivity index (χ1n) is 6.44. The lowest BCUT2D eigenvalue weighted by atomic mass is 10.0. The minimum absolute atomic E-state index is 0.326. The van der Waals surface area contributed by atoms with Crippen LogP contribution in [0.5, 0.6) is 0 Å². The van der Waals surface area contributed by atoms with E-state index in [0.29, 0.717) is 28.1 Å². The Morgan fingerprint density at radius 1 is 1.24 bits per heavy atom. The van der Waals surface area contributed by atoms with Crippen molar-refractivity contribution in [1.29, 1.82) is 0 Å². The molecule has 1 atom stereocenters. The molecular weight excluding hydrogens is 273 g/mol. The van der Waals surface area contributed by atoms with Crippen molar-refractivity contribution in [3.63, 3.8) is 0 Å². The van der Waals surface area contributed by atoms with Crippen LogP contribution in [0.15, 0.2) is 46.9 Å². The van der Waals surface area contributed by atoms with Crippen LogP contribution in [0.2, 0.25) is 0 Å². The van der Waals surface area contributed by atoms with Gasteiger partial charge in [-0.05, 0) is 48.9 Å². The van der Waals surface area contributed by atoms with Gasteiger partial charge in [0, 0.05) is 5.56 Å². The Morgan fingerprint density at radius 2 is 1.95 bits per heavy atom. The number of nitrogens with zero attached hydrogens (tertiary/aromatic N) is 1. The van der Waals surface area contributed by atoms with Gasteiger partial charge in [-0.25, -0.2) is 9.37 Å². The van der Waals surface area contributed by atoms with E-state index in [1.165, 1.54) is 12.1 Å². The van der Waals surface area contributed by atoms with Crippen molar-refractivity contribution in [1.82, 2.24) is 4.98 Å². The summed E-state index contributed by atoms with van der Waals surface area (Å²) in [5.41, 5.74) is 2.47. The zero-order valence-electron chi connectivity index (χ0n) is 11.2. The number of hydrogen-bond donors (Lipinski definition) is 1. The third kappa shape index (κ3) is 2.50. The van der Waals surface area contributed by atoms with E-state index < -0.39 is 11.9 Å². The maximum Gasteiger partial charge on any atom is 0.310 e. The Hall–Kier alpha value is -2.69. The molecule has 0 fully saturated rings. The van der Waals surface area contributed by atoms with Crippen molar-refractivity contribution in [3.05, 3.63) is 53.8 Å². The highest BCUT2D eigenvalue weighted by Gasteiger charge is 2.16. The van der Waals surface area contributed by atoms with Crippen LogP contribution in [0.25, 0.3) is 22.6 Å². The van der Waals surface area contributed by atoms with E-state index in [1.54, 1.807) is 37.3 Å². The van der Waals surface area contributed by atoms with E-state index in [-0.39, 0.29) is 5.82 Å². The van der Waals surface area contributed by atoms with Gasteiger partial charge in [-0.1, -0.05) is 6.07 Å². The molecule has 3 rings (SSSR count). The molecule has 0 radical (unpaired) electrons. The fraction of sp³-hybridized carbons (Fsp3) is 0.125. The quantitative estimate of drug-likeness (QED) is 0.794. The van der Waals surface area contributed by atoms with Gasteiger partial charge in [0.15, 0.2) is 5.58 Å². The van der Waals surface area contributed by atoms with Crippen molar-refractivity contribution >= 4 is 17.1 Å². The van der Waals surface area contributed by atoms with Crippen molar-refractivity contribution < 1.29 is 18.7 Å². The van der Waals surface area contributed by atoms with Gasteiger partial charge >= 0.3 is 5.97 Å². The lowest BCUT2D eigenvalue weighted by Crippen LogP contribution is -2.06. The van der Waals surface area contributed by atoms with Gasteiger partial charge < -0.3 is 9.52 Å². The number of carboxylic acids is 1. The van der Waals surface area contributed by atoms with E-state index >= 15 is 0 Å². The summed E-state index contributed by atoms with van der Waals surface area (Å²) in [4.78, 5) is 15.3. The molecule has 0 spiro atoms. The monoisotopic (exact) mass is 285 g/mol. The fourth-order valence-electron chi connectivity index (χ4n) is 2.07. The molecule has 1 N–H and O–H groups in total. The highest BCUT2D eigenvalue weighted by atomic mass is 19.1. The third-order valence-electron chi connectivity index (χ3n) is 3.37. The van der Waals surface area contributed by atoms with Crippen molar-refractivity contribution in [2.24, 2.45) is 0 Å². The normalized spacial score (nSPS) is 12.5. The minimum atomic E-state index is -0.896. The third-order valence-corrected chi connectivity index (χ3v) is 3.37. The van der Waals surface area contributed by atoms with E-state index in [2.05, 4.69) is 4.98 Å². The SMILES string of the molecule is C[C@@H](C(=O)O)c1ccc2nc(-c3ccc(F)cc3)oc2c1. The van der Waals surface area contributed by atoms with Gasteiger partial charge in [-0.2, -0.15) is 0 Å². The molecule has 0 aliphatic rings. The molecule has 2 aromatic carbocycles. The topological polar surface area (TPSA) is 63.3 Å². The number of hydrogen-bond acceptors (Lipinski definition) is 3. The Morgan fingerprint density at radius 3 is 2.62 bits per heavy atom. The zero-order chi connectivity index (χ0) is 15.0. The largest absolute Gasteiger partial charge is 0.481 e. The van der Waals surface area contributed by atoms with Crippen molar-refractivity contribution in [2.75, 3.05) is 0 Å². The molecule has 21 heavy (non-hydrogen) atoms. The number of oxazole rings is 1. The summed E-state index contributed by atoms with van der Waals surface area (Å²) < 4.78 is 18.6. The van der Waals surface area contributed by atoms with E-state index in [0.717, 1.165) is 0 Å². The van der Waals surface area contributed by atoms with E-state index in [1.807, 2.05) is 0 Å². The number of carboxylic acid groups (broad SMARTS) is 1. The predicted molar refractivity (Wildman–Crippen MR) is 75.5 cm³/mol. The van der Waals surface area contributed by atoms with Gasteiger partial charge in [-0.3, -0.25) is 4.79 Å². The van der Waals surface area contributed by atoms with Crippen LogP contribution in [0, 0.1) is 5.82 Å². The molecule has 0 saturated heterocycles. The Kier molecular flexibility index (Phi) is 3.17. The molecule has 0 aliphatic heterocycles. The summed E-state index contributed by atoms with van der Waals surface area (Å²) in [7, 11) is 0. The molecule has 0 bridgehead atoms. The molecule has 5 heteroatoms. The molecule has 1 aromatic heterocycles. The predicted octanol–water partition coefficient (Wildman–Crippen LogP) is 3.82. The lowest BCUT2D eigenvalue weighted by Gasteiger charge is -2.04. The first-order valence-corrected chi connectivity index (χ1v) is 6.44. The Bertz CT molecular complexity index is 808. The van der Waals surface area contributed by atoms with Gasteiger partial charge in [0.2, 0.25) is 5.89 Å². The molecule has 0 unspecified atom stereocenters. The van der Waals surface area contributed by atoms with E-state index in [9.17, 15) is 9.18 Å². The summed E-state index contributed by atoms with van der Waals surface area (Å²) in [5, 5.41) is 9.03. The maximum absolute atomic E-state index is 12.9. The van der Waals surface area contributed by atoms with Gasteiger partial charge in [0.05, 0.1) is 5.92 Å². The number of fused-ring (bicyclic) bond motifs is 1. The lowest BCUT2D eigenvalue weighted by molar-refractivity contribution is -0.138. The summed E-state index contributed by atoms with van der Waals surface area (Å²) in [6.07, 6.45) is 0. The minimum Gasteiger partial charge on any atom is -0.481 e. The average Bonchev–Trinajstić information content (AvgIpc) is 2.89. The van der Waals surface area contributed by atoms with Gasteiger partial charge in [0.1, 0.15) is 11.3 Å². The van der Waals surface area contributed by atoms with Crippen LogP contribution in [0.4, 0.5) is 4.39 Å². The number of benzene rings is 2. The van der Waals surface area contributed by atoms with Crippen LogP contribution in [-0.2, 0) is 4.79 Å². The second kappa shape index (κ2) is 5.01. The van der Waals surface area contributed by atoms with Crippen LogP contribution in [0.3, 0.4) is 0 Å². The highest BCUT2D eigenvalue weighted by Crippen LogP contribution is 2.27. The number of rotatable bonds is 3. The molecule has 0 aliphatic carbocycles. The van der Waals surface area contributed by atoms with Crippen LogP contribution >= 0.6 is 0 Å². The molecule has 1 heterocycles. The van der Waals surface area contributed by atoms with Gasteiger partial charge in [0.25, 0.3) is 0 Å². The molecule has 106 valence electrons. The summed E-state index contributed by atoms with van der Waals surface area (Å²) in [6.45, 7) is 1.61. The highest BCUT2D eigenvalue weighted by molar-refractivity contribution is 5.81. The fourth-order valence-corrected chi connectivity index (χ4v) is 2.07. The Labute approximate surface area is 119 Å². The number of aromatic nitrogens is 1. The van der Waals surface area contributed by atoms with Gasteiger partial charge in [-0.15, -0.1) is 0 Å². The first kappa shape index (κ1) is 13.3. The van der Waals surface area contributed by atoms with E-state index in [4.69, 9.17) is 9.52 Å². The Balaban J connectivity index is 2.04. The first-order chi connectivity index (χ1) is 10.0. The average molecular weight is 285 g/mol. The molecule has 0 amide bonds. The number of halogens is 1. The molecule has 0 saturated carbocycles. The zero-order valence-corrected chi connectivity index (χ0v) is 11.2. The molecule has 4 nitrogen and oxygen atoms in total. The van der Waals surface area contributed by atoms with Crippen molar-refractivity contribution in [2.45, 2.75) is 12.8 Å². The van der Waals surface area contributed by atoms with Crippen LogP contribution in [0.1, 0.15) is 18.4 Å². The van der Waals surface area contributed by atoms with Crippen LogP contribution in [-0.4, -0.2) is 16.1 Å². The van der Waals surface area contributed by atoms with Crippen LogP contribution < -0.4 is 0 Å². The summed E-state index contributed by atoms with van der Waals surface area (Å²) >= 11 is 0. The second-order valence-corrected chi connectivity index (χ2v) is 4.81. The van der Waals surface area contributed by atoms with Crippen molar-refractivity contribution in [3.8, 4) is 11.5 Å². The number of aliphatic carboxylic acids is 1. The summed E-state index contributed by atoms with van der Waals surface area (Å²) in [6, 6.07) is 11.0. The second-order valence-electron chi connectivity index (χ2n) is 4.81. The molecule has 3 aromatic rings. The standard InChI is InChI=1S/C16H12FNO3/c1-9(16(19)20)11-4-7-13-14(8-11)21-15(18-13)10-2-5-12(17)6-3-10/h2-9H,1H3,(H,19,20)/t9-/m1/s1.